The van der Waals surface area contributed by atoms with E-state index in [1.807, 2.05) is 0 Å². The predicted octanol–water partition coefficient (Wildman–Crippen LogP) is 0.600. The first kappa shape index (κ1) is 15.0. The van der Waals surface area contributed by atoms with E-state index in [4.69, 9.17) is 9.66 Å². The quantitative estimate of drug-likeness (QED) is 0.709. The standard InChI is InChI=1S/C12H12N2O6S/c1-7(12(16)17)10-6-11(15)14(13-10)8-2-4-9(5-3-8)21(18,19)20/h2-7,13H,1H3,(H,16,17)(H,18,19,20). The molecule has 2 aromatic rings. The number of nitrogens with zero attached hydrogens (tertiary/aromatic N) is 1. The number of aliphatic carboxylic acids is 1. The van der Waals surface area contributed by atoms with E-state index in [2.05, 4.69) is 5.10 Å². The number of carbonyl (C=O) groups is 1. The Morgan fingerprint density at radius 3 is 2.33 bits per heavy atom. The largest absolute Gasteiger partial charge is 0.481 e. The highest BCUT2D eigenvalue weighted by atomic mass is 32.2. The van der Waals surface area contributed by atoms with Crippen LogP contribution in [0.25, 0.3) is 5.69 Å². The molecule has 1 aromatic heterocycles. The number of aromatic amines is 1. The highest BCUT2D eigenvalue weighted by Crippen LogP contribution is 2.14. The molecule has 8 nitrogen and oxygen atoms in total. The van der Waals surface area contributed by atoms with Crippen LogP contribution in [0.5, 0.6) is 0 Å². The molecule has 0 saturated heterocycles. The number of hydrogen-bond donors (Lipinski definition) is 3. The second-order valence-corrected chi connectivity index (χ2v) is 5.84. The van der Waals surface area contributed by atoms with Crippen molar-refractivity contribution >= 4 is 16.1 Å². The van der Waals surface area contributed by atoms with Crippen LogP contribution in [0.15, 0.2) is 40.0 Å². The normalized spacial score (nSPS) is 13.0. The van der Waals surface area contributed by atoms with Gasteiger partial charge in [-0.25, -0.2) is 4.68 Å². The van der Waals surface area contributed by atoms with Crippen molar-refractivity contribution in [2.45, 2.75) is 17.7 Å². The summed E-state index contributed by atoms with van der Waals surface area (Å²) in [5.41, 5.74) is 0.0697. The lowest BCUT2D eigenvalue weighted by atomic mass is 10.1. The third kappa shape index (κ3) is 3.03. The maximum absolute atomic E-state index is 11.8. The maximum atomic E-state index is 11.8. The Balaban J connectivity index is 2.44. The summed E-state index contributed by atoms with van der Waals surface area (Å²) < 4.78 is 31.8. The molecule has 0 bridgehead atoms. The van der Waals surface area contributed by atoms with Crippen molar-refractivity contribution < 1.29 is 22.9 Å². The van der Waals surface area contributed by atoms with Gasteiger partial charge in [-0.2, -0.15) is 8.42 Å². The Kier molecular flexibility index (Phi) is 3.71. The van der Waals surface area contributed by atoms with Gasteiger partial charge in [-0.1, -0.05) is 0 Å². The van der Waals surface area contributed by atoms with E-state index in [9.17, 15) is 18.0 Å². The van der Waals surface area contributed by atoms with Crippen molar-refractivity contribution in [1.82, 2.24) is 9.78 Å². The van der Waals surface area contributed by atoms with E-state index >= 15 is 0 Å². The van der Waals surface area contributed by atoms with Gasteiger partial charge >= 0.3 is 5.97 Å². The summed E-state index contributed by atoms with van der Waals surface area (Å²) in [5, 5.41) is 11.6. The Morgan fingerprint density at radius 2 is 1.86 bits per heavy atom. The zero-order valence-electron chi connectivity index (χ0n) is 10.8. The van der Waals surface area contributed by atoms with Gasteiger partial charge in [0.15, 0.2) is 0 Å². The van der Waals surface area contributed by atoms with Gasteiger partial charge in [-0.15, -0.1) is 0 Å². The highest BCUT2D eigenvalue weighted by molar-refractivity contribution is 7.85. The fourth-order valence-electron chi connectivity index (χ4n) is 1.73. The zero-order chi connectivity index (χ0) is 15.8. The minimum atomic E-state index is -4.31. The molecule has 0 amide bonds. The maximum Gasteiger partial charge on any atom is 0.312 e. The fraction of sp³-hybridized carbons (Fsp3) is 0.167. The van der Waals surface area contributed by atoms with Crippen molar-refractivity contribution in [3.8, 4) is 5.69 Å². The summed E-state index contributed by atoms with van der Waals surface area (Å²) in [6.07, 6.45) is 0. The summed E-state index contributed by atoms with van der Waals surface area (Å²) in [6.45, 7) is 1.43. The summed E-state index contributed by atoms with van der Waals surface area (Å²) in [6, 6.07) is 6.07. The highest BCUT2D eigenvalue weighted by Gasteiger charge is 2.18. The average Bonchev–Trinajstić information content (AvgIpc) is 2.79. The zero-order valence-corrected chi connectivity index (χ0v) is 11.7. The van der Waals surface area contributed by atoms with Gasteiger partial charge in [0.05, 0.1) is 22.2 Å². The first-order valence-corrected chi connectivity index (χ1v) is 7.27. The molecule has 1 heterocycles. The minimum absolute atomic E-state index is 0.228. The van der Waals surface area contributed by atoms with Gasteiger partial charge in [0.1, 0.15) is 0 Å². The summed E-state index contributed by atoms with van der Waals surface area (Å²) >= 11 is 0. The lowest BCUT2D eigenvalue weighted by Crippen LogP contribution is -2.13. The smallest absolute Gasteiger partial charge is 0.312 e. The average molecular weight is 312 g/mol. The number of nitrogens with one attached hydrogen (secondary N) is 1. The molecule has 21 heavy (non-hydrogen) atoms. The third-order valence-corrected chi connectivity index (χ3v) is 3.84. The lowest BCUT2D eigenvalue weighted by molar-refractivity contribution is -0.138. The van der Waals surface area contributed by atoms with Gasteiger partial charge < -0.3 is 5.11 Å². The van der Waals surface area contributed by atoms with Crippen LogP contribution in [0.2, 0.25) is 0 Å². The number of benzene rings is 1. The second kappa shape index (κ2) is 5.19. The lowest BCUT2D eigenvalue weighted by Gasteiger charge is -2.05. The van der Waals surface area contributed by atoms with Crippen LogP contribution in [-0.4, -0.2) is 33.8 Å². The minimum Gasteiger partial charge on any atom is -0.481 e. The topological polar surface area (TPSA) is 129 Å². The SMILES string of the molecule is CC(C(=O)O)c1cc(=O)n(-c2ccc(S(=O)(=O)O)cc2)[nH]1. The molecule has 1 unspecified atom stereocenters. The van der Waals surface area contributed by atoms with Crippen molar-refractivity contribution in [3.63, 3.8) is 0 Å². The van der Waals surface area contributed by atoms with Crippen molar-refractivity contribution in [2.75, 3.05) is 0 Å². The third-order valence-electron chi connectivity index (χ3n) is 2.97. The molecular formula is C12H12N2O6S. The number of carboxylic acid groups (broad SMARTS) is 1. The van der Waals surface area contributed by atoms with E-state index in [-0.39, 0.29) is 10.6 Å². The van der Waals surface area contributed by atoms with Gasteiger partial charge in [-0.05, 0) is 31.2 Å². The van der Waals surface area contributed by atoms with Gasteiger partial charge in [0.25, 0.3) is 15.7 Å². The summed E-state index contributed by atoms with van der Waals surface area (Å²) in [5.74, 6) is -1.96. The van der Waals surface area contributed by atoms with Gasteiger partial charge in [0.2, 0.25) is 0 Å². The number of rotatable bonds is 4. The Labute approximate surface area is 119 Å². The van der Waals surface area contributed by atoms with Crippen molar-refractivity contribution in [2.24, 2.45) is 0 Å². The number of hydrogen-bond acceptors (Lipinski definition) is 4. The van der Waals surface area contributed by atoms with Crippen molar-refractivity contribution in [1.29, 1.82) is 0 Å². The molecule has 112 valence electrons. The molecule has 3 N–H and O–H groups in total. The molecule has 1 atom stereocenters. The van der Waals surface area contributed by atoms with E-state index in [0.29, 0.717) is 5.69 Å². The van der Waals surface area contributed by atoms with Crippen LogP contribution in [0.4, 0.5) is 0 Å². The van der Waals surface area contributed by atoms with Crippen LogP contribution < -0.4 is 5.56 Å². The number of aromatic nitrogens is 2. The van der Waals surface area contributed by atoms with Crippen LogP contribution in [0, 0.1) is 0 Å². The number of carboxylic acids is 1. The Hall–Kier alpha value is -2.39. The molecule has 2 rings (SSSR count). The Morgan fingerprint density at radius 1 is 1.29 bits per heavy atom. The van der Waals surface area contributed by atoms with Crippen LogP contribution in [0.1, 0.15) is 18.5 Å². The van der Waals surface area contributed by atoms with E-state index in [1.54, 1.807) is 0 Å². The molecular weight excluding hydrogens is 300 g/mol. The molecule has 0 fully saturated rings. The first-order chi connectivity index (χ1) is 9.70. The Bertz CT molecular complexity index is 831. The van der Waals surface area contributed by atoms with E-state index in [1.165, 1.54) is 19.1 Å². The van der Waals surface area contributed by atoms with Crippen LogP contribution >= 0.6 is 0 Å². The van der Waals surface area contributed by atoms with Gasteiger partial charge in [-0.3, -0.25) is 19.2 Å². The molecule has 0 aliphatic heterocycles. The molecule has 0 spiro atoms. The van der Waals surface area contributed by atoms with Crippen LogP contribution in [0.3, 0.4) is 0 Å². The fourth-order valence-corrected chi connectivity index (χ4v) is 2.21. The first-order valence-electron chi connectivity index (χ1n) is 5.83. The predicted molar refractivity (Wildman–Crippen MR) is 72.3 cm³/mol. The van der Waals surface area contributed by atoms with Gasteiger partial charge in [0, 0.05) is 6.07 Å². The molecule has 0 aliphatic rings. The van der Waals surface area contributed by atoms with E-state index < -0.39 is 27.6 Å². The summed E-state index contributed by atoms with van der Waals surface area (Å²) in [7, 11) is -4.31. The molecule has 9 heteroatoms. The molecule has 0 saturated carbocycles. The molecule has 0 radical (unpaired) electrons. The summed E-state index contributed by atoms with van der Waals surface area (Å²) in [4.78, 5) is 22.4. The van der Waals surface area contributed by atoms with Crippen LogP contribution in [-0.2, 0) is 14.9 Å². The second-order valence-electron chi connectivity index (χ2n) is 4.41. The van der Waals surface area contributed by atoms with E-state index in [0.717, 1.165) is 22.9 Å². The monoisotopic (exact) mass is 312 g/mol. The molecule has 1 aromatic carbocycles. The van der Waals surface area contributed by atoms with Crippen molar-refractivity contribution in [3.05, 3.63) is 46.4 Å². The number of H-pyrrole nitrogens is 1. The molecule has 0 aliphatic carbocycles.